The van der Waals surface area contributed by atoms with E-state index in [-0.39, 0.29) is 21.5 Å². The van der Waals surface area contributed by atoms with Crippen molar-refractivity contribution in [3.8, 4) is 11.9 Å². The molecule has 0 aromatic carbocycles. The number of hydrogen-bond donors (Lipinski definition) is 0. The first kappa shape index (κ1) is 10.9. The number of rotatable bonds is 2. The largest absolute Gasteiger partial charge is 0.480 e. The average Bonchev–Trinajstić information content (AvgIpc) is 2.16. The van der Waals surface area contributed by atoms with Crippen LogP contribution in [0.4, 0.5) is 8.78 Å². The third kappa shape index (κ3) is 1.82. The smallest absolute Gasteiger partial charge is 0.266 e. The van der Waals surface area contributed by atoms with Gasteiger partial charge in [0.25, 0.3) is 6.43 Å². The van der Waals surface area contributed by atoms with E-state index in [2.05, 4.69) is 20.9 Å². The predicted octanol–water partition coefficient (Wildman–Crippen LogP) is 2.66. The molecule has 1 heterocycles. The maximum absolute atomic E-state index is 12.5. The van der Waals surface area contributed by atoms with Crippen LogP contribution in [0.3, 0.4) is 0 Å². The second kappa shape index (κ2) is 4.33. The third-order valence-corrected chi connectivity index (χ3v) is 2.19. The summed E-state index contributed by atoms with van der Waals surface area (Å²) in [6, 6.07) is 1.64. The van der Waals surface area contributed by atoms with Gasteiger partial charge in [-0.3, -0.25) is 0 Å². The highest BCUT2D eigenvalue weighted by Crippen LogP contribution is 2.33. The quantitative estimate of drug-likeness (QED) is 0.823. The number of pyridine rings is 1. The van der Waals surface area contributed by atoms with Crippen LogP contribution in [0.1, 0.15) is 17.6 Å². The SMILES string of the molecule is COc1ncc(Br)c(C(F)F)c1C#N. The molecule has 0 aliphatic carbocycles. The van der Waals surface area contributed by atoms with Crippen LogP contribution in [0.25, 0.3) is 0 Å². The molecule has 1 rings (SSSR count). The normalized spacial score (nSPS) is 10.0. The third-order valence-electron chi connectivity index (χ3n) is 1.56. The van der Waals surface area contributed by atoms with Gasteiger partial charge in [-0.25, -0.2) is 13.8 Å². The van der Waals surface area contributed by atoms with Crippen molar-refractivity contribution in [3.63, 3.8) is 0 Å². The fourth-order valence-electron chi connectivity index (χ4n) is 0.960. The van der Waals surface area contributed by atoms with E-state index in [0.29, 0.717) is 0 Å². The fourth-order valence-corrected chi connectivity index (χ4v) is 1.43. The summed E-state index contributed by atoms with van der Waals surface area (Å²) in [5, 5.41) is 8.68. The fraction of sp³-hybridized carbons (Fsp3) is 0.250. The van der Waals surface area contributed by atoms with Gasteiger partial charge in [0.1, 0.15) is 11.6 Å². The highest BCUT2D eigenvalue weighted by atomic mass is 79.9. The maximum Gasteiger partial charge on any atom is 0.266 e. The van der Waals surface area contributed by atoms with Crippen molar-refractivity contribution in [3.05, 3.63) is 21.8 Å². The van der Waals surface area contributed by atoms with Crippen molar-refractivity contribution in [2.24, 2.45) is 0 Å². The van der Waals surface area contributed by atoms with Crippen molar-refractivity contribution >= 4 is 15.9 Å². The molecule has 0 aliphatic heterocycles. The Bertz CT molecular complexity index is 390. The summed E-state index contributed by atoms with van der Waals surface area (Å²) in [4.78, 5) is 3.69. The Balaban J connectivity index is 3.45. The molecular weight excluding hydrogens is 258 g/mol. The van der Waals surface area contributed by atoms with Gasteiger partial charge >= 0.3 is 0 Å². The lowest BCUT2D eigenvalue weighted by atomic mass is 10.1. The molecule has 3 nitrogen and oxygen atoms in total. The number of halogens is 3. The number of aromatic nitrogens is 1. The monoisotopic (exact) mass is 262 g/mol. The van der Waals surface area contributed by atoms with E-state index in [1.807, 2.05) is 0 Å². The molecule has 0 amide bonds. The van der Waals surface area contributed by atoms with Crippen LogP contribution in [0.15, 0.2) is 10.7 Å². The van der Waals surface area contributed by atoms with E-state index in [1.165, 1.54) is 13.3 Å². The van der Waals surface area contributed by atoms with Gasteiger partial charge in [0.05, 0.1) is 12.7 Å². The Morgan fingerprint density at radius 2 is 2.29 bits per heavy atom. The van der Waals surface area contributed by atoms with Gasteiger partial charge in [0.2, 0.25) is 5.88 Å². The van der Waals surface area contributed by atoms with E-state index in [0.717, 1.165) is 0 Å². The van der Waals surface area contributed by atoms with E-state index in [1.54, 1.807) is 6.07 Å². The topological polar surface area (TPSA) is 45.9 Å². The Hall–Kier alpha value is -1.22. The van der Waals surface area contributed by atoms with Crippen LogP contribution in [0.5, 0.6) is 5.88 Å². The van der Waals surface area contributed by atoms with Crippen LogP contribution in [0, 0.1) is 11.3 Å². The second-order valence-electron chi connectivity index (χ2n) is 2.32. The van der Waals surface area contributed by atoms with Gasteiger partial charge in [-0.2, -0.15) is 5.26 Å². The van der Waals surface area contributed by atoms with Gasteiger partial charge in [0.15, 0.2) is 0 Å². The summed E-state index contributed by atoms with van der Waals surface area (Å²) in [5.41, 5.74) is -0.628. The van der Waals surface area contributed by atoms with Crippen LogP contribution < -0.4 is 4.74 Å². The van der Waals surface area contributed by atoms with Crippen LogP contribution in [0.2, 0.25) is 0 Å². The van der Waals surface area contributed by atoms with Gasteiger partial charge in [-0.1, -0.05) is 0 Å². The van der Waals surface area contributed by atoms with Crippen LogP contribution in [-0.4, -0.2) is 12.1 Å². The molecular formula is C8H5BrF2N2O. The lowest BCUT2D eigenvalue weighted by Crippen LogP contribution is -1.99. The molecule has 0 fully saturated rings. The first-order valence-corrected chi connectivity index (χ1v) is 4.31. The molecule has 0 atom stereocenters. The first-order chi connectivity index (χ1) is 6.61. The van der Waals surface area contributed by atoms with Gasteiger partial charge in [0, 0.05) is 10.7 Å². The summed E-state index contributed by atoms with van der Waals surface area (Å²) in [6.45, 7) is 0. The molecule has 0 radical (unpaired) electrons. The number of nitriles is 1. The highest BCUT2D eigenvalue weighted by molar-refractivity contribution is 9.10. The maximum atomic E-state index is 12.5. The van der Waals surface area contributed by atoms with Gasteiger partial charge < -0.3 is 4.74 Å². The van der Waals surface area contributed by atoms with E-state index in [4.69, 9.17) is 10.00 Å². The zero-order valence-electron chi connectivity index (χ0n) is 7.09. The molecule has 14 heavy (non-hydrogen) atoms. The summed E-state index contributed by atoms with van der Waals surface area (Å²) in [5.74, 6) is -0.0917. The molecule has 0 bridgehead atoms. The minimum absolute atomic E-state index is 0.0917. The Labute approximate surface area is 87.5 Å². The summed E-state index contributed by atoms with van der Waals surface area (Å²) < 4.78 is 29.9. The van der Waals surface area contributed by atoms with E-state index >= 15 is 0 Å². The lowest BCUT2D eigenvalue weighted by Gasteiger charge is -2.08. The molecule has 1 aromatic heterocycles. The highest BCUT2D eigenvalue weighted by Gasteiger charge is 2.21. The lowest BCUT2D eigenvalue weighted by molar-refractivity contribution is 0.149. The molecule has 74 valence electrons. The number of ether oxygens (including phenoxy) is 1. The minimum atomic E-state index is -2.74. The van der Waals surface area contributed by atoms with E-state index in [9.17, 15) is 8.78 Å². The average molecular weight is 263 g/mol. The number of alkyl halides is 2. The summed E-state index contributed by atoms with van der Waals surface area (Å²) in [6.07, 6.45) is -1.56. The summed E-state index contributed by atoms with van der Waals surface area (Å²) in [7, 11) is 1.27. The minimum Gasteiger partial charge on any atom is -0.480 e. The van der Waals surface area contributed by atoms with Crippen molar-refractivity contribution in [1.82, 2.24) is 4.98 Å². The second-order valence-corrected chi connectivity index (χ2v) is 3.17. The number of hydrogen-bond acceptors (Lipinski definition) is 3. The van der Waals surface area contributed by atoms with Crippen LogP contribution >= 0.6 is 15.9 Å². The number of methoxy groups -OCH3 is 1. The van der Waals surface area contributed by atoms with Crippen LogP contribution in [-0.2, 0) is 0 Å². The van der Waals surface area contributed by atoms with Crippen molar-refractivity contribution < 1.29 is 13.5 Å². The zero-order valence-corrected chi connectivity index (χ0v) is 8.68. The zero-order chi connectivity index (χ0) is 10.7. The molecule has 0 unspecified atom stereocenters. The molecule has 0 saturated carbocycles. The van der Waals surface area contributed by atoms with Crippen molar-refractivity contribution in [1.29, 1.82) is 5.26 Å². The number of nitrogens with zero attached hydrogens (tertiary/aromatic N) is 2. The molecule has 0 N–H and O–H groups in total. The summed E-state index contributed by atoms with van der Waals surface area (Å²) >= 11 is 2.90. The van der Waals surface area contributed by atoms with Crippen molar-refractivity contribution in [2.45, 2.75) is 6.43 Å². The molecule has 0 spiro atoms. The standard InChI is InChI=1S/C8H5BrF2N2O/c1-14-8-4(2-12)6(7(10)11)5(9)3-13-8/h3,7H,1H3. The van der Waals surface area contributed by atoms with Gasteiger partial charge in [-0.05, 0) is 15.9 Å². The van der Waals surface area contributed by atoms with Gasteiger partial charge in [-0.15, -0.1) is 0 Å². The van der Waals surface area contributed by atoms with E-state index < -0.39 is 6.43 Å². The van der Waals surface area contributed by atoms with Crippen molar-refractivity contribution in [2.75, 3.05) is 7.11 Å². The molecule has 0 aliphatic rings. The Morgan fingerprint density at radius 1 is 1.64 bits per heavy atom. The molecule has 1 aromatic rings. The Morgan fingerprint density at radius 3 is 2.71 bits per heavy atom. The Kier molecular flexibility index (Phi) is 3.36. The predicted molar refractivity (Wildman–Crippen MR) is 48.2 cm³/mol. The molecule has 0 saturated heterocycles. The molecule has 6 heteroatoms. The first-order valence-electron chi connectivity index (χ1n) is 3.52.